The molecule has 1 aromatic carbocycles. The average Bonchev–Trinajstić information content (AvgIpc) is 2.37. The van der Waals surface area contributed by atoms with Crippen LogP contribution in [0.3, 0.4) is 0 Å². The number of benzene rings is 1. The van der Waals surface area contributed by atoms with Crippen molar-refractivity contribution in [2.45, 2.75) is 23.8 Å². The molecule has 112 valence electrons. The van der Waals surface area contributed by atoms with Gasteiger partial charge in [0.25, 0.3) is 0 Å². The molecule has 1 heterocycles. The number of sulfonamides is 1. The van der Waals surface area contributed by atoms with Gasteiger partial charge in [0.2, 0.25) is 10.0 Å². The summed E-state index contributed by atoms with van der Waals surface area (Å²) >= 11 is 0. The number of nitrogens with two attached hydrogens (primary N) is 1. The zero-order valence-corrected chi connectivity index (χ0v) is 12.4. The first-order valence-electron chi connectivity index (χ1n) is 6.12. The number of anilines is 1. The Morgan fingerprint density at radius 3 is 2.40 bits per heavy atom. The first kappa shape index (κ1) is 15.2. The van der Waals surface area contributed by atoms with E-state index in [2.05, 4.69) is 10.1 Å². The van der Waals surface area contributed by atoms with Crippen LogP contribution in [0.4, 0.5) is 5.69 Å². The molecule has 0 spiro atoms. The Labute approximate surface area is 118 Å². The van der Waals surface area contributed by atoms with Gasteiger partial charge in [0.15, 0.2) is 9.84 Å². The van der Waals surface area contributed by atoms with Gasteiger partial charge in [0.1, 0.15) is 0 Å². The first-order chi connectivity index (χ1) is 9.32. The third-order valence-electron chi connectivity index (χ3n) is 3.12. The van der Waals surface area contributed by atoms with Gasteiger partial charge in [0, 0.05) is 11.7 Å². The number of hydrogen-bond acceptors (Lipinski definition) is 6. The molecule has 0 amide bonds. The highest BCUT2D eigenvalue weighted by Crippen LogP contribution is 2.17. The van der Waals surface area contributed by atoms with E-state index in [1.807, 2.05) is 0 Å². The molecule has 1 aliphatic heterocycles. The zero-order valence-electron chi connectivity index (χ0n) is 10.7. The largest absolute Gasteiger partial charge is 0.324 e. The Balaban J connectivity index is 2.14. The van der Waals surface area contributed by atoms with Crippen molar-refractivity contribution >= 4 is 25.5 Å². The van der Waals surface area contributed by atoms with E-state index < -0.39 is 25.9 Å². The molecular formula is C11H17N3O4S2. The normalized spacial score (nSPS) is 22.4. The summed E-state index contributed by atoms with van der Waals surface area (Å²) < 4.78 is 49.8. The fourth-order valence-electron chi connectivity index (χ4n) is 2.13. The van der Waals surface area contributed by atoms with Gasteiger partial charge in [0.05, 0.1) is 16.4 Å². The molecular weight excluding hydrogens is 302 g/mol. The Morgan fingerprint density at radius 1 is 1.20 bits per heavy atom. The lowest BCUT2D eigenvalue weighted by molar-refractivity contribution is 0.517. The van der Waals surface area contributed by atoms with Crippen LogP contribution in [-0.4, -0.2) is 34.4 Å². The summed E-state index contributed by atoms with van der Waals surface area (Å²) in [7, 11) is -6.87. The molecule has 1 atom stereocenters. The van der Waals surface area contributed by atoms with Crippen molar-refractivity contribution in [2.75, 3.05) is 16.9 Å². The summed E-state index contributed by atoms with van der Waals surface area (Å²) in [4.78, 5) is 0.0828. The summed E-state index contributed by atoms with van der Waals surface area (Å²) in [5.41, 5.74) is 2.99. The third-order valence-corrected chi connectivity index (χ3v) is 6.47. The van der Waals surface area contributed by atoms with Crippen molar-refractivity contribution in [1.82, 2.24) is 4.72 Å². The topological polar surface area (TPSA) is 118 Å². The van der Waals surface area contributed by atoms with Crippen LogP contribution in [0.1, 0.15) is 12.8 Å². The Bertz CT molecular complexity index is 668. The summed E-state index contributed by atoms with van der Waals surface area (Å²) in [5.74, 6) is 5.19. The maximum absolute atomic E-state index is 12.2. The standard InChI is InChI=1S/C11H17N3O4S2/c12-13-9-3-5-11(6-4-9)20(17,18)14-10-2-1-7-19(15,16)8-10/h3-6,10,13-14H,1-2,7-8,12H2. The van der Waals surface area contributed by atoms with Gasteiger partial charge in [-0.3, -0.25) is 5.84 Å². The van der Waals surface area contributed by atoms with Crippen molar-refractivity contribution in [2.24, 2.45) is 5.84 Å². The SMILES string of the molecule is NNc1ccc(S(=O)(=O)NC2CCCS(=O)(=O)C2)cc1. The Hall–Kier alpha value is -1.16. The second-order valence-electron chi connectivity index (χ2n) is 4.74. The van der Waals surface area contributed by atoms with Crippen LogP contribution in [0.15, 0.2) is 29.2 Å². The maximum atomic E-state index is 12.2. The van der Waals surface area contributed by atoms with E-state index >= 15 is 0 Å². The number of hydrogen-bond donors (Lipinski definition) is 3. The molecule has 20 heavy (non-hydrogen) atoms. The minimum Gasteiger partial charge on any atom is -0.324 e. The minimum atomic E-state index is -3.72. The molecule has 1 saturated heterocycles. The molecule has 0 radical (unpaired) electrons. The first-order valence-corrected chi connectivity index (χ1v) is 9.42. The Morgan fingerprint density at radius 2 is 1.85 bits per heavy atom. The Kier molecular flexibility index (Phi) is 4.33. The quantitative estimate of drug-likeness (QED) is 0.524. The van der Waals surface area contributed by atoms with Crippen LogP contribution in [0, 0.1) is 0 Å². The van der Waals surface area contributed by atoms with Gasteiger partial charge < -0.3 is 5.43 Å². The predicted octanol–water partition coefficient (Wildman–Crippen LogP) is -0.172. The molecule has 4 N–H and O–H groups in total. The van der Waals surface area contributed by atoms with Crippen LogP contribution >= 0.6 is 0 Å². The monoisotopic (exact) mass is 319 g/mol. The molecule has 2 rings (SSSR count). The molecule has 0 bridgehead atoms. The molecule has 9 heteroatoms. The van der Waals surface area contributed by atoms with Crippen molar-refractivity contribution in [3.63, 3.8) is 0 Å². The van der Waals surface area contributed by atoms with Crippen LogP contribution in [0.2, 0.25) is 0 Å². The van der Waals surface area contributed by atoms with Gasteiger partial charge in [-0.25, -0.2) is 21.6 Å². The van der Waals surface area contributed by atoms with Gasteiger partial charge in [-0.1, -0.05) is 0 Å². The van der Waals surface area contributed by atoms with Gasteiger partial charge in [-0.15, -0.1) is 0 Å². The van der Waals surface area contributed by atoms with Gasteiger partial charge in [-0.05, 0) is 37.1 Å². The van der Waals surface area contributed by atoms with Crippen molar-refractivity contribution in [1.29, 1.82) is 0 Å². The lowest BCUT2D eigenvalue weighted by Crippen LogP contribution is -2.43. The maximum Gasteiger partial charge on any atom is 0.240 e. The number of rotatable bonds is 4. The van der Waals surface area contributed by atoms with E-state index in [0.29, 0.717) is 18.5 Å². The summed E-state index contributed by atoms with van der Waals surface area (Å²) in [6.45, 7) is 0. The smallest absolute Gasteiger partial charge is 0.240 e. The fourth-order valence-corrected chi connectivity index (χ4v) is 5.15. The summed E-state index contributed by atoms with van der Waals surface area (Å²) in [6.07, 6.45) is 1.01. The molecule has 7 nitrogen and oxygen atoms in total. The van der Waals surface area contributed by atoms with Crippen LogP contribution in [0.25, 0.3) is 0 Å². The highest BCUT2D eigenvalue weighted by Gasteiger charge is 2.28. The molecule has 1 aliphatic rings. The molecule has 1 aromatic rings. The van der Waals surface area contributed by atoms with E-state index in [9.17, 15) is 16.8 Å². The van der Waals surface area contributed by atoms with Crippen molar-refractivity contribution in [3.8, 4) is 0 Å². The van der Waals surface area contributed by atoms with E-state index in [0.717, 1.165) is 0 Å². The predicted molar refractivity (Wildman–Crippen MR) is 76.2 cm³/mol. The van der Waals surface area contributed by atoms with Crippen LogP contribution in [-0.2, 0) is 19.9 Å². The van der Waals surface area contributed by atoms with Crippen LogP contribution < -0.4 is 16.0 Å². The molecule has 0 aromatic heterocycles. The second-order valence-corrected chi connectivity index (χ2v) is 8.69. The number of nitrogens with one attached hydrogen (secondary N) is 2. The number of hydrazine groups is 1. The average molecular weight is 319 g/mol. The van der Waals surface area contributed by atoms with Crippen LogP contribution in [0.5, 0.6) is 0 Å². The highest BCUT2D eigenvalue weighted by molar-refractivity contribution is 7.91. The molecule has 1 fully saturated rings. The van der Waals surface area contributed by atoms with E-state index in [-0.39, 0.29) is 16.4 Å². The highest BCUT2D eigenvalue weighted by atomic mass is 32.2. The second kappa shape index (κ2) is 5.68. The minimum absolute atomic E-state index is 0.0828. The van der Waals surface area contributed by atoms with Gasteiger partial charge >= 0.3 is 0 Å². The van der Waals surface area contributed by atoms with E-state index in [1.54, 1.807) is 0 Å². The fraction of sp³-hybridized carbons (Fsp3) is 0.455. The van der Waals surface area contributed by atoms with E-state index in [4.69, 9.17) is 5.84 Å². The summed E-state index contributed by atoms with van der Waals surface area (Å²) in [5, 5.41) is 0. The lowest BCUT2D eigenvalue weighted by atomic mass is 10.2. The van der Waals surface area contributed by atoms with Gasteiger partial charge in [-0.2, -0.15) is 0 Å². The van der Waals surface area contributed by atoms with Crippen molar-refractivity contribution < 1.29 is 16.8 Å². The lowest BCUT2D eigenvalue weighted by Gasteiger charge is -2.22. The number of sulfone groups is 1. The number of nitrogen functional groups attached to an aromatic ring is 1. The van der Waals surface area contributed by atoms with E-state index in [1.165, 1.54) is 24.3 Å². The zero-order chi connectivity index (χ0) is 14.8. The summed E-state index contributed by atoms with van der Waals surface area (Å²) in [6, 6.07) is 5.33. The molecule has 0 saturated carbocycles. The third kappa shape index (κ3) is 3.69. The molecule has 1 unspecified atom stereocenters. The molecule has 0 aliphatic carbocycles. The van der Waals surface area contributed by atoms with Crippen molar-refractivity contribution in [3.05, 3.63) is 24.3 Å².